The Morgan fingerprint density at radius 2 is 1.95 bits per heavy atom. The molecule has 0 aliphatic carbocycles. The molecule has 1 fully saturated rings. The maximum Gasteiger partial charge on any atom is 0.293 e. The van der Waals surface area contributed by atoms with Crippen LogP contribution in [0.15, 0.2) is 52.5 Å². The Hall–Kier alpha value is -3.42. The molecule has 2 aliphatic heterocycles. The van der Waals surface area contributed by atoms with Crippen molar-refractivity contribution >= 4 is 44.9 Å². The van der Waals surface area contributed by atoms with Crippen LogP contribution >= 0.6 is 11.8 Å². The van der Waals surface area contributed by atoms with Crippen molar-refractivity contribution < 1.29 is 32.3 Å². The van der Waals surface area contributed by atoms with E-state index in [0.29, 0.717) is 30.3 Å². The number of thioether (sulfide) groups is 1. The number of sulfonamides is 1. The first-order chi connectivity index (χ1) is 17.7. The Labute approximate surface area is 218 Å². The maximum atomic E-state index is 13.0. The first kappa shape index (κ1) is 26.6. The fraction of sp³-hybridized carbons (Fsp3) is 0.333. The van der Waals surface area contributed by atoms with Gasteiger partial charge in [0.05, 0.1) is 9.80 Å². The molecule has 0 radical (unpaired) electrons. The molecule has 37 heavy (non-hydrogen) atoms. The molecule has 1 aromatic heterocycles. The van der Waals surface area contributed by atoms with E-state index in [9.17, 15) is 22.8 Å². The molecule has 13 heteroatoms. The maximum absolute atomic E-state index is 13.0. The number of amides is 3. The molecule has 2 N–H and O–H groups in total. The van der Waals surface area contributed by atoms with E-state index >= 15 is 0 Å². The lowest BCUT2D eigenvalue weighted by molar-refractivity contribution is -0.125. The van der Waals surface area contributed by atoms with Gasteiger partial charge in [-0.2, -0.15) is 4.72 Å². The molecule has 2 aliphatic rings. The summed E-state index contributed by atoms with van der Waals surface area (Å²) in [4.78, 5) is 43.1. The molecule has 1 unspecified atom stereocenters. The first-order valence-corrected chi connectivity index (χ1v) is 13.8. The van der Waals surface area contributed by atoms with E-state index < -0.39 is 33.1 Å². The molecule has 2 aromatic rings. The van der Waals surface area contributed by atoms with Crippen LogP contribution in [0.1, 0.15) is 19.4 Å². The van der Waals surface area contributed by atoms with E-state index in [1.54, 1.807) is 44.4 Å². The second kappa shape index (κ2) is 11.3. The van der Waals surface area contributed by atoms with Crippen LogP contribution < -0.4 is 19.5 Å². The van der Waals surface area contributed by atoms with Crippen LogP contribution in [-0.4, -0.2) is 67.7 Å². The summed E-state index contributed by atoms with van der Waals surface area (Å²) in [5, 5.41) is 2.18. The van der Waals surface area contributed by atoms with E-state index in [1.165, 1.54) is 18.2 Å². The van der Waals surface area contributed by atoms with E-state index in [2.05, 4.69) is 15.0 Å². The molecular weight excluding hydrogens is 520 g/mol. The largest absolute Gasteiger partial charge is 0.486 e. The Bertz CT molecular complexity index is 1330. The molecule has 3 amide bonds. The first-order valence-electron chi connectivity index (χ1n) is 11.5. The predicted octanol–water partition coefficient (Wildman–Crippen LogP) is 2.01. The van der Waals surface area contributed by atoms with Crippen LogP contribution in [0, 0.1) is 5.92 Å². The van der Waals surface area contributed by atoms with Gasteiger partial charge in [0.25, 0.3) is 11.1 Å². The van der Waals surface area contributed by atoms with Gasteiger partial charge in [-0.05, 0) is 47.5 Å². The molecule has 11 nitrogen and oxygen atoms in total. The number of fused-ring (bicyclic) bond motifs is 1. The lowest BCUT2D eigenvalue weighted by Gasteiger charge is -2.23. The van der Waals surface area contributed by atoms with Crippen LogP contribution in [0.25, 0.3) is 6.08 Å². The van der Waals surface area contributed by atoms with Crippen molar-refractivity contribution in [2.75, 3.05) is 26.3 Å². The van der Waals surface area contributed by atoms with Crippen molar-refractivity contribution in [3.63, 3.8) is 0 Å². The summed E-state index contributed by atoms with van der Waals surface area (Å²) in [6.07, 6.45) is 4.76. The zero-order valence-electron chi connectivity index (χ0n) is 20.2. The number of aromatic nitrogens is 1. The van der Waals surface area contributed by atoms with Crippen molar-refractivity contribution in [3.05, 3.63) is 53.2 Å². The van der Waals surface area contributed by atoms with Gasteiger partial charge in [0, 0.05) is 31.5 Å². The van der Waals surface area contributed by atoms with E-state index in [0.717, 1.165) is 16.7 Å². The van der Waals surface area contributed by atoms with Gasteiger partial charge in [-0.15, -0.1) is 0 Å². The molecule has 0 saturated carbocycles. The average molecular weight is 547 g/mol. The number of ether oxygens (including phenoxy) is 2. The standard InChI is InChI=1S/C24H26N4O7S2/c1-15(2)21(27-37(32,33)17-5-6-18-19(13-17)35-11-10-34-18)22(29)26-8-9-28-23(30)20(36-24(28)31)12-16-4-3-7-25-14-16/h3-7,12-15,21,27H,8-11H2,1-2H3,(H,26,29). The lowest BCUT2D eigenvalue weighted by Crippen LogP contribution is -2.50. The highest BCUT2D eigenvalue weighted by Gasteiger charge is 2.35. The van der Waals surface area contributed by atoms with Crippen LogP contribution in [0.4, 0.5) is 4.79 Å². The van der Waals surface area contributed by atoms with Gasteiger partial charge in [-0.1, -0.05) is 19.9 Å². The second-order valence-electron chi connectivity index (χ2n) is 8.56. The van der Waals surface area contributed by atoms with Crippen LogP contribution in [-0.2, 0) is 19.6 Å². The Balaban J connectivity index is 1.36. The molecule has 1 saturated heterocycles. The normalized spacial score (nSPS) is 17.4. The SMILES string of the molecule is CC(C)C(NS(=O)(=O)c1ccc2c(c1)OCCO2)C(=O)NCCN1C(=O)SC(=Cc2cccnc2)C1=O. The fourth-order valence-corrected chi connectivity index (χ4v) is 5.85. The van der Waals surface area contributed by atoms with Crippen molar-refractivity contribution in [2.24, 2.45) is 5.92 Å². The van der Waals surface area contributed by atoms with Crippen molar-refractivity contribution in [1.29, 1.82) is 0 Å². The third-order valence-electron chi connectivity index (χ3n) is 5.55. The van der Waals surface area contributed by atoms with Gasteiger partial charge in [0.1, 0.15) is 19.3 Å². The van der Waals surface area contributed by atoms with Crippen molar-refractivity contribution in [1.82, 2.24) is 19.9 Å². The van der Waals surface area contributed by atoms with E-state index in [1.807, 2.05) is 0 Å². The van der Waals surface area contributed by atoms with E-state index in [4.69, 9.17) is 9.47 Å². The van der Waals surface area contributed by atoms with Gasteiger partial charge < -0.3 is 14.8 Å². The average Bonchev–Trinajstić information content (AvgIpc) is 3.14. The summed E-state index contributed by atoms with van der Waals surface area (Å²) in [6.45, 7) is 4.00. The summed E-state index contributed by atoms with van der Waals surface area (Å²) in [7, 11) is -4.06. The molecule has 196 valence electrons. The summed E-state index contributed by atoms with van der Waals surface area (Å²) in [5.74, 6) is -0.658. The summed E-state index contributed by atoms with van der Waals surface area (Å²) < 4.78 is 39.3. The molecule has 0 bridgehead atoms. The number of rotatable bonds is 9. The number of hydrogen-bond acceptors (Lipinski definition) is 9. The number of hydrogen-bond donors (Lipinski definition) is 2. The number of carbonyl (C=O) groups excluding carboxylic acids is 3. The number of imide groups is 1. The second-order valence-corrected chi connectivity index (χ2v) is 11.3. The molecular formula is C24H26N4O7S2. The predicted molar refractivity (Wildman–Crippen MR) is 136 cm³/mol. The van der Waals surface area contributed by atoms with Gasteiger partial charge in [-0.3, -0.25) is 24.3 Å². The fourth-order valence-electron chi connectivity index (χ4n) is 3.62. The summed E-state index contributed by atoms with van der Waals surface area (Å²) in [6, 6.07) is 6.64. The lowest BCUT2D eigenvalue weighted by atomic mass is 10.1. The Morgan fingerprint density at radius 3 is 2.65 bits per heavy atom. The monoisotopic (exact) mass is 546 g/mol. The third-order valence-corrected chi connectivity index (χ3v) is 7.89. The van der Waals surface area contributed by atoms with Gasteiger partial charge in [0.15, 0.2) is 11.5 Å². The molecule has 1 aromatic carbocycles. The highest BCUT2D eigenvalue weighted by molar-refractivity contribution is 8.18. The van der Waals surface area contributed by atoms with Gasteiger partial charge in [0.2, 0.25) is 15.9 Å². The molecule has 0 spiro atoms. The Morgan fingerprint density at radius 1 is 1.19 bits per heavy atom. The minimum absolute atomic E-state index is 0.0357. The highest BCUT2D eigenvalue weighted by Crippen LogP contribution is 2.33. The minimum Gasteiger partial charge on any atom is -0.486 e. The molecule has 1 atom stereocenters. The summed E-state index contributed by atoms with van der Waals surface area (Å²) >= 11 is 0.809. The topological polar surface area (TPSA) is 144 Å². The number of nitrogens with one attached hydrogen (secondary N) is 2. The van der Waals surface area contributed by atoms with Crippen LogP contribution in [0.5, 0.6) is 11.5 Å². The zero-order valence-corrected chi connectivity index (χ0v) is 21.8. The van der Waals surface area contributed by atoms with Crippen molar-refractivity contribution in [3.8, 4) is 11.5 Å². The zero-order chi connectivity index (χ0) is 26.6. The summed E-state index contributed by atoms with van der Waals surface area (Å²) in [5.41, 5.74) is 0.686. The van der Waals surface area contributed by atoms with Crippen LogP contribution in [0.3, 0.4) is 0 Å². The number of carbonyl (C=O) groups is 3. The van der Waals surface area contributed by atoms with Crippen molar-refractivity contribution in [2.45, 2.75) is 24.8 Å². The minimum atomic E-state index is -4.06. The molecule has 4 rings (SSSR count). The van der Waals surface area contributed by atoms with Gasteiger partial charge >= 0.3 is 0 Å². The van der Waals surface area contributed by atoms with Crippen LogP contribution in [0.2, 0.25) is 0 Å². The molecule has 3 heterocycles. The number of pyridine rings is 1. The Kier molecular flexibility index (Phi) is 8.15. The number of benzene rings is 1. The van der Waals surface area contributed by atoms with E-state index in [-0.39, 0.29) is 28.8 Å². The quantitative estimate of drug-likeness (QED) is 0.451. The third kappa shape index (κ3) is 6.29. The highest BCUT2D eigenvalue weighted by atomic mass is 32.2. The smallest absolute Gasteiger partial charge is 0.293 e. The number of nitrogens with zero attached hydrogens (tertiary/aromatic N) is 2. The van der Waals surface area contributed by atoms with Gasteiger partial charge in [-0.25, -0.2) is 8.42 Å².